The standard InChI is InChI=1S/C14H19ClN4O4/c15-12-3-2-11(10-13(12)19(22)23)16-14(21)18-5-1-4-17(6-7-18)8-9-20/h2-3,10,20H,1,4-9H2,(H,16,21). The molecule has 1 aromatic carbocycles. The highest BCUT2D eigenvalue weighted by Crippen LogP contribution is 2.27. The molecule has 2 N–H and O–H groups in total. The minimum Gasteiger partial charge on any atom is -0.395 e. The summed E-state index contributed by atoms with van der Waals surface area (Å²) in [4.78, 5) is 26.3. The number of aliphatic hydroxyl groups is 1. The van der Waals surface area contributed by atoms with Gasteiger partial charge in [0.25, 0.3) is 5.69 Å². The number of β-amino-alcohol motifs (C(OH)–C–C–N with tert-alkyl or cyclic N) is 1. The summed E-state index contributed by atoms with van der Waals surface area (Å²) < 4.78 is 0. The van der Waals surface area contributed by atoms with Gasteiger partial charge in [-0.3, -0.25) is 15.0 Å². The van der Waals surface area contributed by atoms with E-state index in [9.17, 15) is 14.9 Å². The number of benzene rings is 1. The number of aliphatic hydroxyl groups excluding tert-OH is 1. The molecule has 0 aliphatic carbocycles. The lowest BCUT2D eigenvalue weighted by Crippen LogP contribution is -2.38. The number of urea groups is 1. The average Bonchev–Trinajstić information content (AvgIpc) is 2.75. The van der Waals surface area contributed by atoms with E-state index in [0.717, 1.165) is 13.0 Å². The Labute approximate surface area is 138 Å². The second-order valence-corrected chi connectivity index (χ2v) is 5.67. The van der Waals surface area contributed by atoms with Gasteiger partial charge < -0.3 is 15.3 Å². The Hall–Kier alpha value is -1.90. The van der Waals surface area contributed by atoms with Crippen molar-refractivity contribution in [3.05, 3.63) is 33.3 Å². The molecular weight excluding hydrogens is 324 g/mol. The number of hydrogen-bond donors (Lipinski definition) is 2. The van der Waals surface area contributed by atoms with Crippen molar-refractivity contribution in [2.75, 3.05) is 44.6 Å². The van der Waals surface area contributed by atoms with Gasteiger partial charge in [0, 0.05) is 37.9 Å². The summed E-state index contributed by atoms with van der Waals surface area (Å²) in [7, 11) is 0. The predicted molar refractivity (Wildman–Crippen MR) is 86.8 cm³/mol. The van der Waals surface area contributed by atoms with Crippen LogP contribution in [0, 0.1) is 10.1 Å². The lowest BCUT2D eigenvalue weighted by Gasteiger charge is -2.22. The fourth-order valence-electron chi connectivity index (χ4n) is 2.47. The van der Waals surface area contributed by atoms with Gasteiger partial charge in [-0.05, 0) is 25.1 Å². The summed E-state index contributed by atoms with van der Waals surface area (Å²) in [5.41, 5.74) is 0.0945. The van der Waals surface area contributed by atoms with E-state index in [4.69, 9.17) is 16.7 Å². The van der Waals surface area contributed by atoms with Gasteiger partial charge in [-0.1, -0.05) is 11.6 Å². The van der Waals surface area contributed by atoms with Crippen molar-refractivity contribution >= 4 is 29.0 Å². The Kier molecular flexibility index (Phi) is 6.14. The van der Waals surface area contributed by atoms with E-state index in [0.29, 0.717) is 31.9 Å². The lowest BCUT2D eigenvalue weighted by molar-refractivity contribution is -0.384. The number of anilines is 1. The quantitative estimate of drug-likeness (QED) is 0.642. The molecule has 0 radical (unpaired) electrons. The smallest absolute Gasteiger partial charge is 0.321 e. The van der Waals surface area contributed by atoms with Crippen molar-refractivity contribution in [1.29, 1.82) is 0 Å². The van der Waals surface area contributed by atoms with Crippen LogP contribution in [0.3, 0.4) is 0 Å². The van der Waals surface area contributed by atoms with Gasteiger partial charge in [-0.2, -0.15) is 0 Å². The highest BCUT2D eigenvalue weighted by atomic mass is 35.5. The molecule has 0 atom stereocenters. The first-order valence-corrected chi connectivity index (χ1v) is 7.72. The SMILES string of the molecule is O=C(Nc1ccc(Cl)c([N+](=O)[O-])c1)N1CCCN(CCO)CC1. The first-order valence-electron chi connectivity index (χ1n) is 7.34. The number of nitro benzene ring substituents is 1. The molecule has 0 aromatic heterocycles. The minimum atomic E-state index is -0.587. The number of amides is 2. The molecule has 0 unspecified atom stereocenters. The van der Waals surface area contributed by atoms with Gasteiger partial charge >= 0.3 is 6.03 Å². The molecule has 1 aliphatic heterocycles. The van der Waals surface area contributed by atoms with Crippen molar-refractivity contribution in [2.45, 2.75) is 6.42 Å². The van der Waals surface area contributed by atoms with Gasteiger partial charge in [0.2, 0.25) is 0 Å². The van der Waals surface area contributed by atoms with Crippen molar-refractivity contribution in [3.63, 3.8) is 0 Å². The van der Waals surface area contributed by atoms with Gasteiger partial charge in [0.15, 0.2) is 0 Å². The van der Waals surface area contributed by atoms with Crippen LogP contribution < -0.4 is 5.32 Å². The number of hydrogen-bond acceptors (Lipinski definition) is 5. The van der Waals surface area contributed by atoms with E-state index in [1.807, 2.05) is 0 Å². The Bertz CT molecular complexity index is 584. The summed E-state index contributed by atoms with van der Waals surface area (Å²) in [6, 6.07) is 3.87. The molecule has 126 valence electrons. The Balaban J connectivity index is 1.99. The molecular formula is C14H19ClN4O4. The van der Waals surface area contributed by atoms with Crippen LogP contribution in [0.2, 0.25) is 5.02 Å². The summed E-state index contributed by atoms with van der Waals surface area (Å²) in [6.07, 6.45) is 0.814. The zero-order chi connectivity index (χ0) is 16.8. The zero-order valence-corrected chi connectivity index (χ0v) is 13.3. The van der Waals surface area contributed by atoms with E-state index in [1.165, 1.54) is 18.2 Å². The summed E-state index contributed by atoms with van der Waals surface area (Å²) >= 11 is 5.75. The fourth-order valence-corrected chi connectivity index (χ4v) is 2.66. The molecule has 0 bridgehead atoms. The van der Waals surface area contributed by atoms with Crippen molar-refractivity contribution < 1.29 is 14.8 Å². The van der Waals surface area contributed by atoms with E-state index in [-0.39, 0.29) is 23.3 Å². The number of rotatable bonds is 4. The van der Waals surface area contributed by atoms with Crippen LogP contribution in [-0.4, -0.2) is 65.2 Å². The van der Waals surface area contributed by atoms with Crippen molar-refractivity contribution in [2.24, 2.45) is 0 Å². The second kappa shape index (κ2) is 8.09. The zero-order valence-electron chi connectivity index (χ0n) is 12.6. The van der Waals surface area contributed by atoms with Crippen LogP contribution in [0.4, 0.5) is 16.2 Å². The van der Waals surface area contributed by atoms with E-state index in [1.54, 1.807) is 4.90 Å². The highest BCUT2D eigenvalue weighted by molar-refractivity contribution is 6.32. The first-order chi connectivity index (χ1) is 11.0. The van der Waals surface area contributed by atoms with E-state index in [2.05, 4.69) is 10.2 Å². The van der Waals surface area contributed by atoms with Gasteiger partial charge in [-0.25, -0.2) is 4.79 Å². The molecule has 1 heterocycles. The largest absolute Gasteiger partial charge is 0.395 e. The van der Waals surface area contributed by atoms with Crippen LogP contribution in [0.15, 0.2) is 18.2 Å². The molecule has 2 rings (SSSR count). The molecule has 9 heteroatoms. The maximum atomic E-state index is 12.3. The van der Waals surface area contributed by atoms with E-state index >= 15 is 0 Å². The molecule has 2 amide bonds. The average molecular weight is 343 g/mol. The molecule has 23 heavy (non-hydrogen) atoms. The Morgan fingerprint density at radius 2 is 2.13 bits per heavy atom. The summed E-state index contributed by atoms with van der Waals surface area (Å²) in [5.74, 6) is 0. The third kappa shape index (κ3) is 4.78. The van der Waals surface area contributed by atoms with Crippen LogP contribution in [0.1, 0.15) is 6.42 Å². The molecule has 1 aliphatic rings. The predicted octanol–water partition coefficient (Wildman–Crippen LogP) is 1.78. The van der Waals surface area contributed by atoms with E-state index < -0.39 is 4.92 Å². The minimum absolute atomic E-state index is 0.0300. The lowest BCUT2D eigenvalue weighted by atomic mass is 10.3. The molecule has 1 fully saturated rings. The molecule has 0 saturated carbocycles. The van der Waals surface area contributed by atoms with Crippen LogP contribution >= 0.6 is 11.6 Å². The summed E-state index contributed by atoms with van der Waals surface area (Å²) in [5, 5.41) is 22.5. The van der Waals surface area contributed by atoms with Gasteiger partial charge in [0.1, 0.15) is 5.02 Å². The van der Waals surface area contributed by atoms with Crippen molar-refractivity contribution in [3.8, 4) is 0 Å². The molecule has 1 aromatic rings. The Morgan fingerprint density at radius 1 is 1.35 bits per heavy atom. The Morgan fingerprint density at radius 3 is 2.83 bits per heavy atom. The number of carbonyl (C=O) groups is 1. The van der Waals surface area contributed by atoms with Crippen molar-refractivity contribution in [1.82, 2.24) is 9.80 Å². The molecule has 1 saturated heterocycles. The number of halogens is 1. The number of carbonyl (C=O) groups excluding carboxylic acids is 1. The van der Waals surface area contributed by atoms with Crippen LogP contribution in [0.25, 0.3) is 0 Å². The summed E-state index contributed by atoms with van der Waals surface area (Å²) in [6.45, 7) is 3.36. The number of nitrogens with one attached hydrogen (secondary N) is 1. The topological polar surface area (TPSA) is 98.9 Å². The van der Waals surface area contributed by atoms with Crippen LogP contribution in [0.5, 0.6) is 0 Å². The first kappa shape index (κ1) is 17.5. The number of nitrogens with zero attached hydrogens (tertiary/aromatic N) is 3. The molecule has 0 spiro atoms. The second-order valence-electron chi connectivity index (χ2n) is 5.26. The highest BCUT2D eigenvalue weighted by Gasteiger charge is 2.20. The molecule has 8 nitrogen and oxygen atoms in total. The van der Waals surface area contributed by atoms with Gasteiger partial charge in [0.05, 0.1) is 11.5 Å². The maximum Gasteiger partial charge on any atom is 0.321 e. The number of nitro groups is 1. The van der Waals surface area contributed by atoms with Crippen LogP contribution in [-0.2, 0) is 0 Å². The third-order valence-electron chi connectivity index (χ3n) is 3.69. The van der Waals surface area contributed by atoms with Gasteiger partial charge in [-0.15, -0.1) is 0 Å². The third-order valence-corrected chi connectivity index (χ3v) is 4.01. The normalized spacial score (nSPS) is 16.0. The maximum absolute atomic E-state index is 12.3. The fraction of sp³-hybridized carbons (Fsp3) is 0.500. The monoisotopic (exact) mass is 342 g/mol.